The number of ether oxygens (including phenoxy) is 1. The molecule has 0 bridgehead atoms. The summed E-state index contributed by atoms with van der Waals surface area (Å²) in [7, 11) is 1.67. The number of halogens is 2. The first kappa shape index (κ1) is 13.0. The highest BCUT2D eigenvalue weighted by Crippen LogP contribution is 2.23. The molecule has 0 heterocycles. The molecule has 0 aliphatic heterocycles. The normalized spacial score (nSPS) is 8.69. The molecular formula is C10H14Br2O. The molecule has 0 aromatic heterocycles. The van der Waals surface area contributed by atoms with Crippen molar-refractivity contribution in [1.29, 1.82) is 0 Å². The van der Waals surface area contributed by atoms with Crippen molar-refractivity contribution in [1.82, 2.24) is 0 Å². The second-order valence-electron chi connectivity index (χ2n) is 2.09. The van der Waals surface area contributed by atoms with Gasteiger partial charge in [0.15, 0.2) is 0 Å². The molecule has 0 radical (unpaired) electrons. The second-order valence-corrected chi connectivity index (χ2v) is 3.51. The minimum atomic E-state index is 0.838. The molecular weight excluding hydrogens is 296 g/mol. The predicted octanol–water partition coefficient (Wildman–Crippen LogP) is 4.38. The molecule has 0 atom stereocenters. The van der Waals surface area contributed by atoms with Gasteiger partial charge < -0.3 is 4.74 Å². The van der Waals surface area contributed by atoms with Crippen LogP contribution in [0.15, 0.2) is 22.7 Å². The van der Waals surface area contributed by atoms with Crippen molar-refractivity contribution < 1.29 is 4.74 Å². The molecule has 1 aromatic rings. The van der Waals surface area contributed by atoms with E-state index in [-0.39, 0.29) is 0 Å². The number of benzene rings is 1. The maximum atomic E-state index is 5.07. The topological polar surface area (TPSA) is 9.23 Å². The third-order valence-corrected chi connectivity index (χ3v) is 2.77. The minimum Gasteiger partial charge on any atom is -0.497 e. The van der Waals surface area contributed by atoms with Gasteiger partial charge in [-0.1, -0.05) is 45.7 Å². The summed E-state index contributed by atoms with van der Waals surface area (Å²) in [5.74, 6) is 0.891. The van der Waals surface area contributed by atoms with Gasteiger partial charge in [-0.15, -0.1) is 0 Å². The minimum absolute atomic E-state index is 0.838. The first-order chi connectivity index (χ1) is 6.27. The molecule has 0 spiro atoms. The third kappa shape index (κ3) is 4.14. The zero-order chi connectivity index (χ0) is 10.3. The van der Waals surface area contributed by atoms with Gasteiger partial charge in [0.25, 0.3) is 0 Å². The summed E-state index contributed by atoms with van der Waals surface area (Å²) in [5.41, 5.74) is 1.20. The molecule has 0 saturated carbocycles. The molecule has 74 valence electrons. The zero-order valence-corrected chi connectivity index (χ0v) is 11.3. The summed E-state index contributed by atoms with van der Waals surface area (Å²) in [4.78, 5) is 0. The SMILES string of the molecule is CC.COc1ccc(Br)c(CBr)c1. The summed E-state index contributed by atoms with van der Waals surface area (Å²) < 4.78 is 6.18. The van der Waals surface area contributed by atoms with Crippen LogP contribution in [0.5, 0.6) is 5.75 Å². The van der Waals surface area contributed by atoms with Gasteiger partial charge in [0, 0.05) is 9.80 Å². The molecule has 3 heteroatoms. The number of methoxy groups -OCH3 is 1. The molecule has 0 unspecified atom stereocenters. The van der Waals surface area contributed by atoms with Crippen molar-refractivity contribution in [3.05, 3.63) is 28.2 Å². The zero-order valence-electron chi connectivity index (χ0n) is 8.10. The summed E-state index contributed by atoms with van der Waals surface area (Å²) in [5, 5.41) is 0.838. The number of alkyl halides is 1. The van der Waals surface area contributed by atoms with Crippen LogP contribution in [0.2, 0.25) is 0 Å². The van der Waals surface area contributed by atoms with E-state index < -0.39 is 0 Å². The van der Waals surface area contributed by atoms with E-state index in [4.69, 9.17) is 4.74 Å². The average Bonchev–Trinajstić information content (AvgIpc) is 2.22. The van der Waals surface area contributed by atoms with Gasteiger partial charge in [-0.05, 0) is 23.8 Å². The number of hydrogen-bond donors (Lipinski definition) is 0. The smallest absolute Gasteiger partial charge is 0.119 e. The van der Waals surface area contributed by atoms with E-state index in [9.17, 15) is 0 Å². The lowest BCUT2D eigenvalue weighted by atomic mass is 10.2. The van der Waals surface area contributed by atoms with E-state index in [1.54, 1.807) is 7.11 Å². The fourth-order valence-electron chi connectivity index (χ4n) is 0.780. The second kappa shape index (κ2) is 7.39. The Labute approximate surface area is 96.7 Å². The van der Waals surface area contributed by atoms with Gasteiger partial charge >= 0.3 is 0 Å². The highest BCUT2D eigenvalue weighted by molar-refractivity contribution is 9.10. The molecule has 0 saturated heterocycles. The lowest BCUT2D eigenvalue weighted by molar-refractivity contribution is 0.414. The van der Waals surface area contributed by atoms with Crippen LogP contribution in [0.25, 0.3) is 0 Å². The van der Waals surface area contributed by atoms with E-state index in [1.165, 1.54) is 5.56 Å². The van der Waals surface area contributed by atoms with E-state index >= 15 is 0 Å². The van der Waals surface area contributed by atoms with E-state index in [0.29, 0.717) is 0 Å². The lowest BCUT2D eigenvalue weighted by Gasteiger charge is -2.03. The Morgan fingerprint density at radius 2 is 1.92 bits per heavy atom. The Hall–Kier alpha value is -0.0200. The molecule has 0 N–H and O–H groups in total. The Bertz CT molecular complexity index is 249. The van der Waals surface area contributed by atoms with Gasteiger partial charge in [-0.3, -0.25) is 0 Å². The summed E-state index contributed by atoms with van der Waals surface area (Å²) in [6.07, 6.45) is 0. The molecule has 1 rings (SSSR count). The van der Waals surface area contributed by atoms with Gasteiger partial charge in [0.05, 0.1) is 7.11 Å². The monoisotopic (exact) mass is 308 g/mol. The standard InChI is InChI=1S/C8H8Br2O.C2H6/c1-11-7-2-3-8(10)6(4-7)5-9;1-2/h2-4H,5H2,1H3;1-2H3. The van der Waals surface area contributed by atoms with E-state index in [2.05, 4.69) is 31.9 Å². The van der Waals surface area contributed by atoms with Crippen LogP contribution in [-0.2, 0) is 5.33 Å². The van der Waals surface area contributed by atoms with Gasteiger partial charge in [0.1, 0.15) is 5.75 Å². The summed E-state index contributed by atoms with van der Waals surface area (Å²) >= 11 is 6.82. The van der Waals surface area contributed by atoms with Gasteiger partial charge in [0.2, 0.25) is 0 Å². The van der Waals surface area contributed by atoms with Crippen LogP contribution < -0.4 is 4.74 Å². The molecule has 0 fully saturated rings. The first-order valence-electron chi connectivity index (χ1n) is 4.16. The fraction of sp³-hybridized carbons (Fsp3) is 0.400. The molecule has 13 heavy (non-hydrogen) atoms. The van der Waals surface area contributed by atoms with Gasteiger partial charge in [-0.2, -0.15) is 0 Å². The highest BCUT2D eigenvalue weighted by atomic mass is 79.9. The highest BCUT2D eigenvalue weighted by Gasteiger charge is 1.98. The van der Waals surface area contributed by atoms with E-state index in [0.717, 1.165) is 15.6 Å². The maximum absolute atomic E-state index is 5.07. The number of hydrogen-bond acceptors (Lipinski definition) is 1. The molecule has 0 aliphatic rings. The van der Waals surface area contributed by atoms with Crippen molar-refractivity contribution in [2.45, 2.75) is 19.2 Å². The molecule has 1 aromatic carbocycles. The third-order valence-electron chi connectivity index (χ3n) is 1.40. The van der Waals surface area contributed by atoms with Gasteiger partial charge in [-0.25, -0.2) is 0 Å². The largest absolute Gasteiger partial charge is 0.497 e. The number of rotatable bonds is 2. The van der Waals surface area contributed by atoms with E-state index in [1.807, 2.05) is 32.0 Å². The van der Waals surface area contributed by atoms with Crippen LogP contribution in [0.1, 0.15) is 19.4 Å². The van der Waals surface area contributed by atoms with Crippen molar-refractivity contribution in [3.63, 3.8) is 0 Å². The Morgan fingerprint density at radius 3 is 2.38 bits per heavy atom. The maximum Gasteiger partial charge on any atom is 0.119 e. The van der Waals surface area contributed by atoms with Crippen molar-refractivity contribution in [2.75, 3.05) is 7.11 Å². The van der Waals surface area contributed by atoms with Crippen molar-refractivity contribution >= 4 is 31.9 Å². The quantitative estimate of drug-likeness (QED) is 0.737. The summed E-state index contributed by atoms with van der Waals surface area (Å²) in [6, 6.07) is 5.91. The Balaban J connectivity index is 0.000000671. The average molecular weight is 310 g/mol. The van der Waals surface area contributed by atoms with Crippen molar-refractivity contribution in [2.24, 2.45) is 0 Å². The predicted molar refractivity (Wildman–Crippen MR) is 64.7 cm³/mol. The molecule has 0 aliphatic carbocycles. The first-order valence-corrected chi connectivity index (χ1v) is 6.07. The molecule has 0 amide bonds. The Kier molecular flexibility index (Phi) is 7.38. The lowest BCUT2D eigenvalue weighted by Crippen LogP contribution is -1.85. The fourth-order valence-corrected chi connectivity index (χ4v) is 2.01. The van der Waals surface area contributed by atoms with Crippen LogP contribution in [0.3, 0.4) is 0 Å². The van der Waals surface area contributed by atoms with Crippen LogP contribution in [0, 0.1) is 0 Å². The Morgan fingerprint density at radius 1 is 1.31 bits per heavy atom. The van der Waals surface area contributed by atoms with Crippen LogP contribution >= 0.6 is 31.9 Å². The van der Waals surface area contributed by atoms with Crippen LogP contribution in [-0.4, -0.2) is 7.11 Å². The summed E-state index contributed by atoms with van der Waals surface area (Å²) in [6.45, 7) is 4.00. The van der Waals surface area contributed by atoms with Crippen LogP contribution in [0.4, 0.5) is 0 Å². The molecule has 1 nitrogen and oxygen atoms in total. The van der Waals surface area contributed by atoms with Crippen molar-refractivity contribution in [3.8, 4) is 5.75 Å².